The summed E-state index contributed by atoms with van der Waals surface area (Å²) in [4.78, 5) is 4.31. The summed E-state index contributed by atoms with van der Waals surface area (Å²) in [6.45, 7) is 11.2. The van der Waals surface area contributed by atoms with Gasteiger partial charge in [0, 0.05) is 11.9 Å². The van der Waals surface area contributed by atoms with Crippen LogP contribution in [0.2, 0.25) is 0 Å². The molecule has 1 aromatic heterocycles. The molecule has 82 valence electrons. The van der Waals surface area contributed by atoms with Gasteiger partial charge in [-0.15, -0.1) is 0 Å². The van der Waals surface area contributed by atoms with Crippen molar-refractivity contribution < 1.29 is 0 Å². The third kappa shape index (κ3) is 3.48. The van der Waals surface area contributed by atoms with Gasteiger partial charge < -0.3 is 5.32 Å². The summed E-state index contributed by atoms with van der Waals surface area (Å²) in [7, 11) is 0. The second-order valence-electron chi connectivity index (χ2n) is 3.97. The fourth-order valence-electron chi connectivity index (χ4n) is 1.52. The minimum atomic E-state index is 0.234. The predicted molar refractivity (Wildman–Crippen MR) is 64.8 cm³/mol. The van der Waals surface area contributed by atoms with E-state index in [1.165, 1.54) is 5.56 Å². The van der Waals surface area contributed by atoms with Crippen molar-refractivity contribution in [2.45, 2.75) is 33.2 Å². The summed E-state index contributed by atoms with van der Waals surface area (Å²) in [5.74, 6) is 0. The normalized spacial score (nSPS) is 12.5. The van der Waals surface area contributed by atoms with Crippen molar-refractivity contribution in [2.75, 3.05) is 6.54 Å². The van der Waals surface area contributed by atoms with Crippen LogP contribution in [0, 0.1) is 6.92 Å². The van der Waals surface area contributed by atoms with E-state index in [1.54, 1.807) is 0 Å². The topological polar surface area (TPSA) is 24.9 Å². The van der Waals surface area contributed by atoms with Gasteiger partial charge in [0.2, 0.25) is 0 Å². The van der Waals surface area contributed by atoms with Crippen LogP contribution in [0.1, 0.15) is 37.6 Å². The SMILES string of the molecule is C=C(C)C(NCCC)c1ccc(C)nc1. The van der Waals surface area contributed by atoms with Crippen molar-refractivity contribution in [2.24, 2.45) is 0 Å². The molecule has 0 saturated carbocycles. The highest BCUT2D eigenvalue weighted by Crippen LogP contribution is 2.19. The molecule has 1 N–H and O–H groups in total. The van der Waals surface area contributed by atoms with Crippen LogP contribution in [0.5, 0.6) is 0 Å². The van der Waals surface area contributed by atoms with Crippen LogP contribution in [-0.2, 0) is 0 Å². The van der Waals surface area contributed by atoms with Crippen LogP contribution in [0.3, 0.4) is 0 Å². The number of rotatable bonds is 5. The molecule has 1 unspecified atom stereocenters. The molecule has 0 aliphatic heterocycles. The Morgan fingerprint density at radius 2 is 2.27 bits per heavy atom. The second kappa shape index (κ2) is 5.66. The Balaban J connectivity index is 2.79. The highest BCUT2D eigenvalue weighted by atomic mass is 14.9. The molecule has 0 saturated heterocycles. The number of aromatic nitrogens is 1. The van der Waals surface area contributed by atoms with Gasteiger partial charge in [-0.2, -0.15) is 0 Å². The molecule has 0 aliphatic rings. The molecule has 1 aromatic rings. The molecular formula is C13H20N2. The van der Waals surface area contributed by atoms with E-state index >= 15 is 0 Å². The Hall–Kier alpha value is -1.15. The van der Waals surface area contributed by atoms with E-state index in [4.69, 9.17) is 0 Å². The molecule has 0 amide bonds. The maximum atomic E-state index is 4.31. The highest BCUT2D eigenvalue weighted by Gasteiger charge is 2.10. The number of nitrogens with one attached hydrogen (secondary N) is 1. The lowest BCUT2D eigenvalue weighted by atomic mass is 10.0. The Morgan fingerprint density at radius 1 is 1.53 bits per heavy atom. The van der Waals surface area contributed by atoms with E-state index in [9.17, 15) is 0 Å². The Labute approximate surface area is 92.4 Å². The first-order valence-corrected chi connectivity index (χ1v) is 5.46. The second-order valence-corrected chi connectivity index (χ2v) is 3.97. The van der Waals surface area contributed by atoms with E-state index in [2.05, 4.69) is 29.9 Å². The zero-order valence-electron chi connectivity index (χ0n) is 9.88. The van der Waals surface area contributed by atoms with Crippen LogP contribution in [-0.4, -0.2) is 11.5 Å². The molecule has 0 bridgehead atoms. The van der Waals surface area contributed by atoms with Gasteiger partial charge in [-0.05, 0) is 38.4 Å². The minimum Gasteiger partial charge on any atom is -0.307 e. The summed E-state index contributed by atoms with van der Waals surface area (Å²) >= 11 is 0. The summed E-state index contributed by atoms with van der Waals surface area (Å²) in [5.41, 5.74) is 3.38. The number of pyridine rings is 1. The van der Waals surface area contributed by atoms with Crippen LogP contribution in [0.15, 0.2) is 30.5 Å². The summed E-state index contributed by atoms with van der Waals surface area (Å²) in [5, 5.41) is 3.47. The van der Waals surface area contributed by atoms with Gasteiger partial charge in [0.25, 0.3) is 0 Å². The zero-order valence-corrected chi connectivity index (χ0v) is 9.88. The van der Waals surface area contributed by atoms with Crippen molar-refractivity contribution in [1.82, 2.24) is 10.3 Å². The van der Waals surface area contributed by atoms with E-state index in [0.717, 1.165) is 24.2 Å². The summed E-state index contributed by atoms with van der Waals surface area (Å²) in [6, 6.07) is 4.39. The number of nitrogens with zero attached hydrogens (tertiary/aromatic N) is 1. The Morgan fingerprint density at radius 3 is 2.73 bits per heavy atom. The van der Waals surface area contributed by atoms with E-state index in [0.29, 0.717) is 0 Å². The largest absolute Gasteiger partial charge is 0.307 e. The minimum absolute atomic E-state index is 0.234. The number of aryl methyl sites for hydroxylation is 1. The van der Waals surface area contributed by atoms with Gasteiger partial charge in [-0.3, -0.25) is 4.98 Å². The van der Waals surface area contributed by atoms with Gasteiger partial charge in [0.05, 0.1) is 6.04 Å². The van der Waals surface area contributed by atoms with Gasteiger partial charge in [0.1, 0.15) is 0 Å². The first-order chi connectivity index (χ1) is 7.15. The third-order valence-electron chi connectivity index (χ3n) is 2.36. The average Bonchev–Trinajstić information content (AvgIpc) is 2.21. The van der Waals surface area contributed by atoms with Gasteiger partial charge in [0.15, 0.2) is 0 Å². The van der Waals surface area contributed by atoms with Crippen molar-refractivity contribution in [3.63, 3.8) is 0 Å². The molecule has 1 heterocycles. The third-order valence-corrected chi connectivity index (χ3v) is 2.36. The Kier molecular flexibility index (Phi) is 4.50. The molecule has 1 atom stereocenters. The highest BCUT2D eigenvalue weighted by molar-refractivity contribution is 5.24. The zero-order chi connectivity index (χ0) is 11.3. The van der Waals surface area contributed by atoms with Crippen molar-refractivity contribution >= 4 is 0 Å². The van der Waals surface area contributed by atoms with Crippen molar-refractivity contribution in [3.8, 4) is 0 Å². The maximum absolute atomic E-state index is 4.31. The molecule has 0 spiro atoms. The monoisotopic (exact) mass is 204 g/mol. The maximum Gasteiger partial charge on any atom is 0.0546 e. The smallest absolute Gasteiger partial charge is 0.0546 e. The molecular weight excluding hydrogens is 184 g/mol. The van der Waals surface area contributed by atoms with Gasteiger partial charge >= 0.3 is 0 Å². The van der Waals surface area contributed by atoms with E-state index in [-0.39, 0.29) is 6.04 Å². The number of hydrogen-bond acceptors (Lipinski definition) is 2. The fourth-order valence-corrected chi connectivity index (χ4v) is 1.52. The summed E-state index contributed by atoms with van der Waals surface area (Å²) < 4.78 is 0. The van der Waals surface area contributed by atoms with Crippen LogP contribution in [0.4, 0.5) is 0 Å². The standard InChI is InChI=1S/C13H20N2/c1-5-8-14-13(10(2)3)12-7-6-11(4)15-9-12/h6-7,9,13-14H,2,5,8H2,1,3-4H3. The molecule has 1 rings (SSSR count). The van der Waals surface area contributed by atoms with E-state index in [1.807, 2.05) is 26.1 Å². The van der Waals surface area contributed by atoms with Crippen LogP contribution in [0.25, 0.3) is 0 Å². The molecule has 2 heteroatoms. The molecule has 2 nitrogen and oxygen atoms in total. The van der Waals surface area contributed by atoms with Gasteiger partial charge in [-0.1, -0.05) is 25.1 Å². The lowest BCUT2D eigenvalue weighted by Gasteiger charge is -2.18. The fraction of sp³-hybridized carbons (Fsp3) is 0.462. The molecule has 0 aromatic carbocycles. The molecule has 0 aliphatic carbocycles. The molecule has 0 radical (unpaired) electrons. The predicted octanol–water partition coefficient (Wildman–Crippen LogP) is 3.01. The summed E-state index contributed by atoms with van der Waals surface area (Å²) in [6.07, 6.45) is 3.06. The van der Waals surface area contributed by atoms with Crippen LogP contribution < -0.4 is 5.32 Å². The lowest BCUT2D eigenvalue weighted by Crippen LogP contribution is -2.22. The van der Waals surface area contributed by atoms with Crippen molar-refractivity contribution in [3.05, 3.63) is 41.7 Å². The van der Waals surface area contributed by atoms with Crippen LogP contribution >= 0.6 is 0 Å². The Bertz CT molecular complexity index is 314. The van der Waals surface area contributed by atoms with Gasteiger partial charge in [-0.25, -0.2) is 0 Å². The van der Waals surface area contributed by atoms with Crippen molar-refractivity contribution in [1.29, 1.82) is 0 Å². The molecule has 0 fully saturated rings. The average molecular weight is 204 g/mol. The first-order valence-electron chi connectivity index (χ1n) is 5.46. The lowest BCUT2D eigenvalue weighted by molar-refractivity contribution is 0.589. The van der Waals surface area contributed by atoms with E-state index < -0.39 is 0 Å². The number of hydrogen-bond donors (Lipinski definition) is 1. The first kappa shape index (κ1) is 11.9. The molecule has 15 heavy (non-hydrogen) atoms. The quantitative estimate of drug-likeness (QED) is 0.746.